The number of nitro groups is 1. The maximum Gasteiger partial charge on any atom is 0.274 e. The van der Waals surface area contributed by atoms with Gasteiger partial charge in [-0.15, -0.1) is 0 Å². The molecule has 1 saturated carbocycles. The lowest BCUT2D eigenvalue weighted by Gasteiger charge is -2.41. The number of benzene rings is 2. The van der Waals surface area contributed by atoms with Crippen molar-refractivity contribution in [3.63, 3.8) is 0 Å². The Balaban J connectivity index is 1.87. The molecule has 3 atom stereocenters. The molecule has 1 aliphatic carbocycles. The Morgan fingerprint density at radius 1 is 1.04 bits per heavy atom. The number of rotatable bonds is 2. The van der Waals surface area contributed by atoms with Crippen LogP contribution < -0.4 is 10.6 Å². The van der Waals surface area contributed by atoms with Crippen LogP contribution in [0.5, 0.6) is 0 Å². The van der Waals surface area contributed by atoms with Crippen LogP contribution in [0.15, 0.2) is 48.5 Å². The van der Waals surface area contributed by atoms with Crippen LogP contribution in [0.2, 0.25) is 0 Å². The maximum absolute atomic E-state index is 13.2. The summed E-state index contributed by atoms with van der Waals surface area (Å²) in [5.41, 5.74) is 2.30. The SMILES string of the molecule is CC1(C)CC(=O)[C@@H]2[C@@H](C1)Nc1ccccc1N[C@H]2c1ccccc1[N+](=O)[O-]. The smallest absolute Gasteiger partial charge is 0.274 e. The van der Waals surface area contributed by atoms with Crippen LogP contribution in [-0.2, 0) is 4.79 Å². The van der Waals surface area contributed by atoms with Gasteiger partial charge in [-0.3, -0.25) is 14.9 Å². The minimum Gasteiger partial charge on any atom is -0.380 e. The van der Waals surface area contributed by atoms with E-state index in [1.165, 1.54) is 6.07 Å². The highest BCUT2D eigenvalue weighted by Gasteiger charge is 2.47. The van der Waals surface area contributed by atoms with Crippen LogP contribution in [0.1, 0.15) is 38.3 Å². The second-order valence-electron chi connectivity index (χ2n) is 8.27. The number of Topliss-reactive ketones (excluding diaryl/α,β-unsaturated/α-hetero) is 1. The van der Waals surface area contributed by atoms with Gasteiger partial charge in [-0.2, -0.15) is 0 Å². The standard InChI is InChI=1S/C21H23N3O3/c1-21(2)11-16-19(18(25)12-21)20(13-7-3-6-10-17(13)24(26)27)23-15-9-5-4-8-14(15)22-16/h3-10,16,19-20,22-23H,11-12H2,1-2H3/t16-,19+,20+/m1/s1. The lowest BCUT2D eigenvalue weighted by Crippen LogP contribution is -2.47. The number of nitrogens with zero attached hydrogens (tertiary/aromatic N) is 1. The van der Waals surface area contributed by atoms with Crippen molar-refractivity contribution in [2.75, 3.05) is 10.6 Å². The number of nitrogens with one attached hydrogen (secondary N) is 2. The van der Waals surface area contributed by atoms with Gasteiger partial charge in [0.25, 0.3) is 5.69 Å². The van der Waals surface area contributed by atoms with Crippen LogP contribution in [0.25, 0.3) is 0 Å². The quantitative estimate of drug-likeness (QED) is 0.602. The average Bonchev–Trinajstić information content (AvgIpc) is 2.76. The summed E-state index contributed by atoms with van der Waals surface area (Å²) in [6.45, 7) is 4.21. The zero-order chi connectivity index (χ0) is 19.2. The van der Waals surface area contributed by atoms with E-state index in [-0.39, 0.29) is 33.8 Å². The third-order valence-electron chi connectivity index (χ3n) is 5.64. The van der Waals surface area contributed by atoms with E-state index in [0.29, 0.717) is 12.0 Å². The van der Waals surface area contributed by atoms with Crippen molar-refractivity contribution >= 4 is 22.8 Å². The number of ketones is 1. The number of carbonyl (C=O) groups is 1. The molecule has 0 spiro atoms. The monoisotopic (exact) mass is 365 g/mol. The number of para-hydroxylation sites is 3. The summed E-state index contributed by atoms with van der Waals surface area (Å²) in [6, 6.07) is 14.0. The Morgan fingerprint density at radius 3 is 2.37 bits per heavy atom. The van der Waals surface area contributed by atoms with E-state index in [9.17, 15) is 14.9 Å². The fraction of sp³-hybridized carbons (Fsp3) is 0.381. The van der Waals surface area contributed by atoms with Gasteiger partial charge in [-0.05, 0) is 24.0 Å². The summed E-state index contributed by atoms with van der Waals surface area (Å²) in [7, 11) is 0. The van der Waals surface area contributed by atoms with Crippen molar-refractivity contribution in [3.8, 4) is 0 Å². The molecule has 0 unspecified atom stereocenters. The van der Waals surface area contributed by atoms with Gasteiger partial charge in [0.2, 0.25) is 0 Å². The molecule has 6 heteroatoms. The molecule has 140 valence electrons. The molecule has 4 rings (SSSR count). The molecule has 1 fully saturated rings. The lowest BCUT2D eigenvalue weighted by atomic mass is 9.66. The van der Waals surface area contributed by atoms with Crippen molar-refractivity contribution in [1.82, 2.24) is 0 Å². The van der Waals surface area contributed by atoms with Crippen molar-refractivity contribution in [1.29, 1.82) is 0 Å². The lowest BCUT2D eigenvalue weighted by molar-refractivity contribution is -0.385. The summed E-state index contributed by atoms with van der Waals surface area (Å²) in [6.07, 6.45) is 1.31. The number of anilines is 2. The largest absolute Gasteiger partial charge is 0.380 e. The molecule has 0 bridgehead atoms. The van der Waals surface area contributed by atoms with Gasteiger partial charge in [-0.25, -0.2) is 0 Å². The first-order valence-corrected chi connectivity index (χ1v) is 9.24. The molecule has 1 heterocycles. The number of nitro benzene ring substituents is 1. The normalized spacial score (nSPS) is 26.0. The van der Waals surface area contributed by atoms with Gasteiger partial charge in [0.05, 0.1) is 33.8 Å². The number of carbonyl (C=O) groups excluding carboxylic acids is 1. The highest BCUT2D eigenvalue weighted by molar-refractivity contribution is 5.87. The van der Waals surface area contributed by atoms with E-state index < -0.39 is 6.04 Å². The Morgan fingerprint density at radius 2 is 1.67 bits per heavy atom. The molecule has 2 aromatic carbocycles. The predicted molar refractivity (Wildman–Crippen MR) is 105 cm³/mol. The first-order chi connectivity index (χ1) is 12.9. The highest BCUT2D eigenvalue weighted by Crippen LogP contribution is 2.47. The van der Waals surface area contributed by atoms with Crippen molar-refractivity contribution in [3.05, 3.63) is 64.2 Å². The Bertz CT molecular complexity index is 909. The first-order valence-electron chi connectivity index (χ1n) is 9.24. The Hall–Kier alpha value is -2.89. The highest BCUT2D eigenvalue weighted by atomic mass is 16.6. The molecular weight excluding hydrogens is 342 g/mol. The molecule has 6 nitrogen and oxygen atoms in total. The topological polar surface area (TPSA) is 84.3 Å². The van der Waals surface area contributed by atoms with E-state index in [2.05, 4.69) is 24.5 Å². The van der Waals surface area contributed by atoms with Crippen LogP contribution in [-0.4, -0.2) is 16.7 Å². The minimum absolute atomic E-state index is 0.0470. The maximum atomic E-state index is 13.2. The fourth-order valence-electron chi connectivity index (χ4n) is 4.55. The molecule has 0 aromatic heterocycles. The van der Waals surface area contributed by atoms with Crippen LogP contribution in [0, 0.1) is 21.4 Å². The van der Waals surface area contributed by atoms with Gasteiger partial charge in [0.15, 0.2) is 0 Å². The van der Waals surface area contributed by atoms with Crippen LogP contribution >= 0.6 is 0 Å². The fourth-order valence-corrected chi connectivity index (χ4v) is 4.55. The molecule has 0 radical (unpaired) electrons. The van der Waals surface area contributed by atoms with Gasteiger partial charge < -0.3 is 10.6 Å². The number of hydrogen-bond acceptors (Lipinski definition) is 5. The van der Waals surface area contributed by atoms with E-state index in [0.717, 1.165) is 17.8 Å². The van der Waals surface area contributed by atoms with Crippen molar-refractivity contribution in [2.45, 2.75) is 38.8 Å². The third-order valence-corrected chi connectivity index (χ3v) is 5.64. The van der Waals surface area contributed by atoms with Crippen LogP contribution in [0.4, 0.5) is 17.1 Å². The second-order valence-corrected chi connectivity index (χ2v) is 8.27. The van der Waals surface area contributed by atoms with E-state index >= 15 is 0 Å². The van der Waals surface area contributed by atoms with E-state index in [1.807, 2.05) is 24.3 Å². The predicted octanol–water partition coefficient (Wildman–Crippen LogP) is 4.55. The molecule has 27 heavy (non-hydrogen) atoms. The van der Waals surface area contributed by atoms with Crippen molar-refractivity contribution in [2.24, 2.45) is 11.3 Å². The molecule has 2 N–H and O–H groups in total. The third kappa shape index (κ3) is 3.16. The van der Waals surface area contributed by atoms with Gasteiger partial charge in [-0.1, -0.05) is 44.2 Å². The zero-order valence-corrected chi connectivity index (χ0v) is 15.4. The number of fused-ring (bicyclic) bond motifs is 2. The summed E-state index contributed by atoms with van der Waals surface area (Å²) in [5.74, 6) is -0.223. The zero-order valence-electron chi connectivity index (χ0n) is 15.4. The summed E-state index contributed by atoms with van der Waals surface area (Å²) < 4.78 is 0. The average molecular weight is 365 g/mol. The van der Waals surface area contributed by atoms with Crippen molar-refractivity contribution < 1.29 is 9.72 Å². The Kier molecular flexibility index (Phi) is 4.13. The minimum atomic E-state index is -0.448. The first kappa shape index (κ1) is 17.5. The van der Waals surface area contributed by atoms with Crippen LogP contribution in [0.3, 0.4) is 0 Å². The molecule has 0 amide bonds. The Labute approximate surface area is 158 Å². The van der Waals surface area contributed by atoms with Gasteiger partial charge in [0, 0.05) is 18.5 Å². The van der Waals surface area contributed by atoms with E-state index in [4.69, 9.17) is 0 Å². The second kappa shape index (κ2) is 6.37. The van der Waals surface area contributed by atoms with Gasteiger partial charge in [0.1, 0.15) is 5.78 Å². The summed E-state index contributed by atoms with van der Waals surface area (Å²) in [4.78, 5) is 24.4. The molecule has 1 aliphatic heterocycles. The molecule has 0 saturated heterocycles. The molecule has 2 aliphatic rings. The molecule has 2 aromatic rings. The summed E-state index contributed by atoms with van der Waals surface area (Å²) >= 11 is 0. The summed E-state index contributed by atoms with van der Waals surface area (Å²) in [5, 5.41) is 18.6. The van der Waals surface area contributed by atoms with Gasteiger partial charge >= 0.3 is 0 Å². The number of hydrogen-bond donors (Lipinski definition) is 2. The molecular formula is C21H23N3O3. The van der Waals surface area contributed by atoms with E-state index in [1.54, 1.807) is 18.2 Å².